The van der Waals surface area contributed by atoms with Crippen molar-refractivity contribution in [3.8, 4) is 0 Å². The van der Waals surface area contributed by atoms with Crippen LogP contribution < -0.4 is 24.8 Å². The monoisotopic (exact) mass is 331 g/mol. The average Bonchev–Trinajstić information content (AvgIpc) is 2.80. The fraction of sp³-hybridized carbons (Fsp3) is 0.333. The van der Waals surface area contributed by atoms with E-state index in [9.17, 15) is 0 Å². The first kappa shape index (κ1) is 21.3. The predicted molar refractivity (Wildman–Crippen MR) is 65.9 cm³/mol. The summed E-state index contributed by atoms with van der Waals surface area (Å²) >= 11 is 0. The van der Waals surface area contributed by atoms with Gasteiger partial charge in [0.15, 0.2) is 0 Å². The van der Waals surface area contributed by atoms with Crippen molar-refractivity contribution in [2.24, 2.45) is 0 Å². The van der Waals surface area contributed by atoms with Gasteiger partial charge in [0.1, 0.15) is 0 Å². The maximum atomic E-state index is 5.97. The average molecular weight is 332 g/mol. The molecule has 0 bridgehead atoms. The van der Waals surface area contributed by atoms with Crippen molar-refractivity contribution in [1.29, 1.82) is 0 Å². The van der Waals surface area contributed by atoms with E-state index in [1.54, 1.807) is 0 Å². The van der Waals surface area contributed by atoms with Gasteiger partial charge in [-0.3, -0.25) is 6.08 Å². The maximum Gasteiger partial charge on any atom is 3.00 e. The SMILES string of the molecule is CC(C)OC(C1=[C-]CC=C1)c1ccccc1.[Cl-].[Cl-].[Ti+3]. The standard InChI is InChI=1S/C15H17O.2ClH.Ti/c1-12(2)16-15(14-10-6-7-11-14)13-8-4-3-5-9-13;;;/h3-6,8-10,12,15H,7H2,1-2H3;2*1H;/q-1;;;+3/p-2. The minimum atomic E-state index is 0. The van der Waals surface area contributed by atoms with Gasteiger partial charge in [-0.05, 0) is 19.4 Å². The molecule has 2 rings (SSSR count). The van der Waals surface area contributed by atoms with E-state index in [4.69, 9.17) is 4.74 Å². The first-order chi connectivity index (χ1) is 7.77. The van der Waals surface area contributed by atoms with Crippen LogP contribution in [0.3, 0.4) is 0 Å². The van der Waals surface area contributed by atoms with E-state index >= 15 is 0 Å². The van der Waals surface area contributed by atoms with Crippen LogP contribution in [0.2, 0.25) is 0 Å². The molecule has 1 radical (unpaired) electrons. The Labute approximate surface area is 143 Å². The van der Waals surface area contributed by atoms with Gasteiger partial charge in [0.05, 0.1) is 12.2 Å². The van der Waals surface area contributed by atoms with Crippen molar-refractivity contribution in [3.05, 3.63) is 59.7 Å². The van der Waals surface area contributed by atoms with Gasteiger partial charge < -0.3 is 29.6 Å². The molecule has 1 unspecified atom stereocenters. The summed E-state index contributed by atoms with van der Waals surface area (Å²) in [6.45, 7) is 4.13. The van der Waals surface area contributed by atoms with Gasteiger partial charge in [-0.2, -0.15) is 11.6 Å². The number of halogens is 2. The Morgan fingerprint density at radius 3 is 2.21 bits per heavy atom. The molecule has 0 amide bonds. The summed E-state index contributed by atoms with van der Waals surface area (Å²) < 4.78 is 5.97. The molecule has 0 saturated carbocycles. The van der Waals surface area contributed by atoms with Crippen LogP contribution in [0.1, 0.15) is 31.9 Å². The van der Waals surface area contributed by atoms with Gasteiger partial charge in [0.2, 0.25) is 0 Å². The molecule has 101 valence electrons. The molecule has 1 aliphatic carbocycles. The van der Waals surface area contributed by atoms with Crippen molar-refractivity contribution in [3.63, 3.8) is 0 Å². The fourth-order valence-electron chi connectivity index (χ4n) is 1.83. The Morgan fingerprint density at radius 1 is 1.11 bits per heavy atom. The quantitative estimate of drug-likeness (QED) is 0.451. The second kappa shape index (κ2) is 10.7. The van der Waals surface area contributed by atoms with Crippen LogP contribution in [-0.2, 0) is 26.5 Å². The summed E-state index contributed by atoms with van der Waals surface area (Å²) in [6, 6.07) is 10.3. The van der Waals surface area contributed by atoms with Crippen molar-refractivity contribution in [2.75, 3.05) is 0 Å². The smallest absolute Gasteiger partial charge is 1.00 e. The molecule has 1 aromatic carbocycles. The molecule has 1 aliphatic rings. The van der Waals surface area contributed by atoms with Crippen LogP contribution in [0.5, 0.6) is 0 Å². The molecule has 0 aliphatic heterocycles. The summed E-state index contributed by atoms with van der Waals surface area (Å²) in [7, 11) is 0. The zero-order chi connectivity index (χ0) is 11.4. The number of ether oxygens (including phenoxy) is 1. The second-order valence-corrected chi connectivity index (χ2v) is 4.21. The summed E-state index contributed by atoms with van der Waals surface area (Å²) in [5, 5.41) is 0. The molecule has 0 aromatic heterocycles. The van der Waals surface area contributed by atoms with Crippen molar-refractivity contribution < 1.29 is 51.3 Å². The predicted octanol–water partition coefficient (Wildman–Crippen LogP) is -2.15. The molecule has 0 saturated heterocycles. The Balaban J connectivity index is 0. The van der Waals surface area contributed by atoms with Gasteiger partial charge in [0.25, 0.3) is 0 Å². The molecular weight excluding hydrogens is 315 g/mol. The van der Waals surface area contributed by atoms with E-state index in [-0.39, 0.29) is 58.7 Å². The van der Waals surface area contributed by atoms with E-state index < -0.39 is 0 Å². The van der Waals surface area contributed by atoms with Crippen LogP contribution in [-0.4, -0.2) is 6.10 Å². The summed E-state index contributed by atoms with van der Waals surface area (Å²) in [6.07, 6.45) is 8.72. The molecule has 0 heterocycles. The normalized spacial score (nSPS) is 13.9. The molecule has 1 atom stereocenters. The van der Waals surface area contributed by atoms with Gasteiger partial charge in [-0.15, -0.1) is 6.42 Å². The number of rotatable bonds is 4. The minimum Gasteiger partial charge on any atom is -1.00 e. The van der Waals surface area contributed by atoms with Gasteiger partial charge in [0, 0.05) is 0 Å². The molecule has 0 fully saturated rings. The largest absolute Gasteiger partial charge is 3.00 e. The molecule has 1 nitrogen and oxygen atoms in total. The fourth-order valence-corrected chi connectivity index (χ4v) is 1.83. The molecule has 4 heteroatoms. The summed E-state index contributed by atoms with van der Waals surface area (Å²) in [5.41, 5.74) is 2.35. The zero-order valence-corrected chi connectivity index (χ0v) is 14.1. The molecule has 0 N–H and O–H groups in total. The zero-order valence-electron chi connectivity index (χ0n) is 11.1. The Kier molecular flexibility index (Phi) is 12.0. The van der Waals surface area contributed by atoms with Gasteiger partial charge in [-0.25, -0.2) is 6.08 Å². The van der Waals surface area contributed by atoms with E-state index in [0.29, 0.717) is 0 Å². The van der Waals surface area contributed by atoms with Crippen LogP contribution >= 0.6 is 0 Å². The Morgan fingerprint density at radius 2 is 1.74 bits per heavy atom. The third-order valence-electron chi connectivity index (χ3n) is 2.51. The molecule has 0 spiro atoms. The second-order valence-electron chi connectivity index (χ2n) is 4.21. The third kappa shape index (κ3) is 6.29. The van der Waals surface area contributed by atoms with Crippen LogP contribution in [0.25, 0.3) is 0 Å². The topological polar surface area (TPSA) is 9.23 Å². The van der Waals surface area contributed by atoms with Crippen molar-refractivity contribution >= 4 is 0 Å². The van der Waals surface area contributed by atoms with Gasteiger partial charge >= 0.3 is 21.7 Å². The molecule has 19 heavy (non-hydrogen) atoms. The summed E-state index contributed by atoms with van der Waals surface area (Å²) in [5.74, 6) is 0. The third-order valence-corrected chi connectivity index (χ3v) is 2.51. The summed E-state index contributed by atoms with van der Waals surface area (Å²) in [4.78, 5) is 0. The number of hydrogen-bond acceptors (Lipinski definition) is 1. The van der Waals surface area contributed by atoms with E-state index in [0.717, 1.165) is 12.0 Å². The number of hydrogen-bond donors (Lipinski definition) is 0. The first-order valence-corrected chi connectivity index (χ1v) is 5.75. The Hall–Kier alpha value is -0.0457. The van der Waals surface area contributed by atoms with Crippen LogP contribution in [0.15, 0.2) is 48.1 Å². The van der Waals surface area contributed by atoms with E-state index in [1.807, 2.05) is 18.2 Å². The van der Waals surface area contributed by atoms with Crippen molar-refractivity contribution in [2.45, 2.75) is 32.5 Å². The first-order valence-electron chi connectivity index (χ1n) is 5.75. The molecule has 1 aromatic rings. The van der Waals surface area contributed by atoms with Crippen LogP contribution in [0.4, 0.5) is 0 Å². The number of benzene rings is 1. The molecular formula is C15H17Cl2OTi. The van der Waals surface area contributed by atoms with Gasteiger partial charge in [-0.1, -0.05) is 30.3 Å². The van der Waals surface area contributed by atoms with E-state index in [2.05, 4.69) is 44.2 Å². The Bertz CT molecular complexity index is 402. The van der Waals surface area contributed by atoms with E-state index in [1.165, 1.54) is 5.56 Å². The van der Waals surface area contributed by atoms with Crippen molar-refractivity contribution in [1.82, 2.24) is 0 Å². The number of allylic oxidation sites excluding steroid dienone is 2. The van der Waals surface area contributed by atoms with Crippen LogP contribution in [0, 0.1) is 6.08 Å². The maximum absolute atomic E-state index is 5.97. The minimum absolute atomic E-state index is 0.